The van der Waals surface area contributed by atoms with Crippen molar-refractivity contribution in [3.05, 3.63) is 22.8 Å². The molecule has 2 aliphatic carbocycles. The Morgan fingerprint density at radius 3 is 2.83 bits per heavy atom. The summed E-state index contributed by atoms with van der Waals surface area (Å²) in [5.41, 5.74) is 5.36. The molecule has 0 nitrogen and oxygen atoms in total. The number of hydrogen-bond donors (Lipinski definition) is 0. The van der Waals surface area contributed by atoms with E-state index in [0.717, 1.165) is 11.8 Å². The van der Waals surface area contributed by atoms with E-state index in [1.807, 2.05) is 5.57 Å². The number of rotatable bonds is 5. The quantitative estimate of drug-likeness (QED) is 0.519. The number of unbranched alkanes of at least 4 members (excludes halogenated alkanes) is 1. The maximum absolute atomic E-state index is 2.57. The maximum atomic E-state index is 2.57. The van der Waals surface area contributed by atoms with Gasteiger partial charge in [0.2, 0.25) is 0 Å². The van der Waals surface area contributed by atoms with Gasteiger partial charge in [0.15, 0.2) is 0 Å². The zero-order valence-corrected chi connectivity index (χ0v) is 12.6. The molecule has 0 aromatic rings. The highest BCUT2D eigenvalue weighted by Gasteiger charge is 2.24. The van der Waals surface area contributed by atoms with Gasteiger partial charge in [-0.1, -0.05) is 62.8 Å². The molecule has 0 heteroatoms. The standard InChI is InChI=1S/C18H30/c1-4-5-8-14(2)13-17-12-11-16-9-6-7-10-18(16)15(17)3/h12,14-15H,4-11,13H2,1-3H3/t14-,15?/m1/s1. The van der Waals surface area contributed by atoms with E-state index in [4.69, 9.17) is 0 Å². The molecule has 0 radical (unpaired) electrons. The summed E-state index contributed by atoms with van der Waals surface area (Å²) in [4.78, 5) is 0. The van der Waals surface area contributed by atoms with E-state index in [1.165, 1.54) is 57.8 Å². The van der Waals surface area contributed by atoms with E-state index in [1.54, 1.807) is 11.1 Å². The Hall–Kier alpha value is -0.520. The van der Waals surface area contributed by atoms with Crippen LogP contribution < -0.4 is 0 Å². The first-order valence-corrected chi connectivity index (χ1v) is 8.12. The summed E-state index contributed by atoms with van der Waals surface area (Å²) in [7, 11) is 0. The SMILES string of the molecule is CCCC[C@@H](C)CC1=CCC2=C(CCCC2)C1C. The largest absolute Gasteiger partial charge is 0.0807 e. The van der Waals surface area contributed by atoms with Crippen LogP contribution in [-0.4, -0.2) is 0 Å². The summed E-state index contributed by atoms with van der Waals surface area (Å²) in [6, 6.07) is 0. The van der Waals surface area contributed by atoms with E-state index in [9.17, 15) is 0 Å². The van der Waals surface area contributed by atoms with Crippen LogP contribution in [0.15, 0.2) is 22.8 Å². The van der Waals surface area contributed by atoms with Crippen molar-refractivity contribution in [1.29, 1.82) is 0 Å². The van der Waals surface area contributed by atoms with Crippen molar-refractivity contribution >= 4 is 0 Å². The molecule has 0 N–H and O–H groups in total. The third kappa shape index (κ3) is 3.28. The topological polar surface area (TPSA) is 0 Å². The highest BCUT2D eigenvalue weighted by molar-refractivity contribution is 5.33. The van der Waals surface area contributed by atoms with E-state index < -0.39 is 0 Å². The molecule has 2 aliphatic rings. The fourth-order valence-corrected chi connectivity index (χ4v) is 3.72. The Morgan fingerprint density at radius 2 is 2.06 bits per heavy atom. The molecule has 0 fully saturated rings. The van der Waals surface area contributed by atoms with Crippen LogP contribution in [-0.2, 0) is 0 Å². The third-order valence-electron chi connectivity index (χ3n) is 4.95. The predicted octanol–water partition coefficient (Wildman–Crippen LogP) is 6.04. The van der Waals surface area contributed by atoms with Gasteiger partial charge in [-0.2, -0.15) is 0 Å². The summed E-state index contributed by atoms with van der Waals surface area (Å²) in [6.45, 7) is 7.19. The molecule has 0 aromatic carbocycles. The van der Waals surface area contributed by atoms with Gasteiger partial charge in [0.05, 0.1) is 0 Å². The van der Waals surface area contributed by atoms with Gasteiger partial charge < -0.3 is 0 Å². The molecular weight excluding hydrogens is 216 g/mol. The zero-order valence-electron chi connectivity index (χ0n) is 12.6. The molecule has 18 heavy (non-hydrogen) atoms. The number of hydrogen-bond acceptors (Lipinski definition) is 0. The van der Waals surface area contributed by atoms with Gasteiger partial charge in [0.25, 0.3) is 0 Å². The van der Waals surface area contributed by atoms with Gasteiger partial charge in [-0.3, -0.25) is 0 Å². The van der Waals surface area contributed by atoms with Gasteiger partial charge in [0.1, 0.15) is 0 Å². The van der Waals surface area contributed by atoms with Crippen molar-refractivity contribution in [1.82, 2.24) is 0 Å². The summed E-state index contributed by atoms with van der Waals surface area (Å²) in [6.07, 6.45) is 15.0. The molecule has 0 aromatic heterocycles. The summed E-state index contributed by atoms with van der Waals surface area (Å²) < 4.78 is 0. The van der Waals surface area contributed by atoms with Gasteiger partial charge in [-0.25, -0.2) is 0 Å². The van der Waals surface area contributed by atoms with Gasteiger partial charge in [-0.15, -0.1) is 0 Å². The lowest BCUT2D eigenvalue weighted by Gasteiger charge is -2.32. The van der Waals surface area contributed by atoms with Crippen LogP contribution in [0.25, 0.3) is 0 Å². The van der Waals surface area contributed by atoms with Crippen molar-refractivity contribution in [2.24, 2.45) is 11.8 Å². The molecule has 102 valence electrons. The molecule has 0 bridgehead atoms. The van der Waals surface area contributed by atoms with Crippen molar-refractivity contribution in [2.75, 3.05) is 0 Å². The summed E-state index contributed by atoms with van der Waals surface area (Å²) in [5.74, 6) is 1.64. The minimum atomic E-state index is 0.762. The van der Waals surface area contributed by atoms with Crippen LogP contribution >= 0.6 is 0 Å². The van der Waals surface area contributed by atoms with E-state index in [0.29, 0.717) is 0 Å². The molecule has 0 heterocycles. The second-order valence-electron chi connectivity index (χ2n) is 6.49. The fourth-order valence-electron chi connectivity index (χ4n) is 3.72. The number of allylic oxidation sites excluding steroid dienone is 4. The van der Waals surface area contributed by atoms with Crippen LogP contribution in [0.3, 0.4) is 0 Å². The molecule has 1 unspecified atom stereocenters. The van der Waals surface area contributed by atoms with E-state index in [-0.39, 0.29) is 0 Å². The highest BCUT2D eigenvalue weighted by Crippen LogP contribution is 2.41. The molecule has 0 saturated heterocycles. The van der Waals surface area contributed by atoms with Crippen LogP contribution in [0.5, 0.6) is 0 Å². The first-order valence-electron chi connectivity index (χ1n) is 8.12. The lowest BCUT2D eigenvalue weighted by molar-refractivity contribution is 0.474. The second-order valence-corrected chi connectivity index (χ2v) is 6.49. The minimum Gasteiger partial charge on any atom is -0.0807 e. The van der Waals surface area contributed by atoms with Crippen molar-refractivity contribution in [3.8, 4) is 0 Å². The Morgan fingerprint density at radius 1 is 1.28 bits per heavy atom. The lowest BCUT2D eigenvalue weighted by atomic mass is 9.74. The second kappa shape index (κ2) is 6.59. The smallest absolute Gasteiger partial charge is 0.00184 e. The normalized spacial score (nSPS) is 25.7. The van der Waals surface area contributed by atoms with Gasteiger partial charge in [0, 0.05) is 0 Å². The molecule has 0 saturated carbocycles. The first kappa shape index (κ1) is 13.9. The fraction of sp³-hybridized carbons (Fsp3) is 0.778. The Labute approximate surface area is 114 Å². The van der Waals surface area contributed by atoms with Crippen LogP contribution in [0.1, 0.15) is 78.6 Å². The average Bonchev–Trinajstić information content (AvgIpc) is 2.40. The average molecular weight is 246 g/mol. The monoisotopic (exact) mass is 246 g/mol. The van der Waals surface area contributed by atoms with Gasteiger partial charge in [-0.05, 0) is 50.4 Å². The molecular formula is C18H30. The molecule has 0 amide bonds. The summed E-state index contributed by atoms with van der Waals surface area (Å²) in [5, 5.41) is 0. The third-order valence-corrected chi connectivity index (χ3v) is 4.95. The molecule has 2 rings (SSSR count). The van der Waals surface area contributed by atoms with Crippen LogP contribution in [0.4, 0.5) is 0 Å². The van der Waals surface area contributed by atoms with Gasteiger partial charge >= 0.3 is 0 Å². The van der Waals surface area contributed by atoms with E-state index >= 15 is 0 Å². The highest BCUT2D eigenvalue weighted by atomic mass is 14.3. The lowest BCUT2D eigenvalue weighted by Crippen LogP contribution is -2.15. The Bertz CT molecular complexity index is 332. The molecule has 0 spiro atoms. The molecule has 2 atom stereocenters. The summed E-state index contributed by atoms with van der Waals surface area (Å²) >= 11 is 0. The Balaban J connectivity index is 1.93. The predicted molar refractivity (Wildman–Crippen MR) is 80.7 cm³/mol. The van der Waals surface area contributed by atoms with Crippen molar-refractivity contribution < 1.29 is 0 Å². The van der Waals surface area contributed by atoms with Crippen LogP contribution in [0, 0.1) is 11.8 Å². The first-order chi connectivity index (χ1) is 8.72. The van der Waals surface area contributed by atoms with Crippen molar-refractivity contribution in [3.63, 3.8) is 0 Å². The maximum Gasteiger partial charge on any atom is -0.00184 e. The Kier molecular flexibility index (Phi) is 5.09. The van der Waals surface area contributed by atoms with Crippen molar-refractivity contribution in [2.45, 2.75) is 78.6 Å². The minimum absolute atomic E-state index is 0.762. The van der Waals surface area contributed by atoms with E-state index in [2.05, 4.69) is 26.8 Å². The van der Waals surface area contributed by atoms with Crippen LogP contribution in [0.2, 0.25) is 0 Å². The zero-order chi connectivity index (χ0) is 13.0. The molecule has 0 aliphatic heterocycles.